The maximum absolute atomic E-state index is 11.3. The fourth-order valence-corrected chi connectivity index (χ4v) is 2.08. The summed E-state index contributed by atoms with van der Waals surface area (Å²) >= 11 is 3.20. The van der Waals surface area contributed by atoms with Crippen molar-refractivity contribution in [1.29, 1.82) is 0 Å². The molecule has 19 heavy (non-hydrogen) atoms. The molecule has 0 aliphatic carbocycles. The summed E-state index contributed by atoms with van der Waals surface area (Å²) in [4.78, 5) is 26.0. The summed E-state index contributed by atoms with van der Waals surface area (Å²) in [5.41, 5.74) is 0.616. The number of nitrogens with zero attached hydrogens (tertiary/aromatic N) is 3. The SMILES string of the molecule is CC(=O)c1cn(-c2ccc(Br)cc2[N+](=O)[O-])c(C)n1. The molecule has 98 valence electrons. The number of rotatable bonds is 3. The molecule has 0 atom stereocenters. The van der Waals surface area contributed by atoms with E-state index in [1.165, 1.54) is 19.2 Å². The third-order valence-electron chi connectivity index (χ3n) is 2.64. The van der Waals surface area contributed by atoms with Gasteiger partial charge in [0.2, 0.25) is 0 Å². The minimum absolute atomic E-state index is 0.0509. The molecule has 7 heteroatoms. The van der Waals surface area contributed by atoms with Crippen molar-refractivity contribution in [1.82, 2.24) is 9.55 Å². The summed E-state index contributed by atoms with van der Waals surface area (Å²) in [5, 5.41) is 11.1. The number of Topliss-reactive ketones (excluding diaryl/α,β-unsaturated/α-hetero) is 1. The van der Waals surface area contributed by atoms with Crippen LogP contribution in [0.4, 0.5) is 5.69 Å². The van der Waals surface area contributed by atoms with Gasteiger partial charge in [0.15, 0.2) is 5.78 Å². The number of benzene rings is 1. The van der Waals surface area contributed by atoms with Crippen LogP contribution in [0.15, 0.2) is 28.9 Å². The summed E-state index contributed by atoms with van der Waals surface area (Å²) in [6.07, 6.45) is 1.51. The summed E-state index contributed by atoms with van der Waals surface area (Å²) in [6, 6.07) is 4.73. The van der Waals surface area contributed by atoms with Crippen molar-refractivity contribution in [3.63, 3.8) is 0 Å². The Balaban J connectivity index is 2.65. The third kappa shape index (κ3) is 2.55. The Morgan fingerprint density at radius 3 is 2.68 bits per heavy atom. The molecule has 6 nitrogen and oxygen atoms in total. The monoisotopic (exact) mass is 323 g/mol. The maximum Gasteiger partial charge on any atom is 0.294 e. The summed E-state index contributed by atoms with van der Waals surface area (Å²) in [7, 11) is 0. The maximum atomic E-state index is 11.3. The number of hydrogen-bond donors (Lipinski definition) is 0. The van der Waals surface area contributed by atoms with Crippen LogP contribution in [-0.2, 0) is 0 Å². The number of ketones is 1. The average molecular weight is 324 g/mol. The van der Waals surface area contributed by atoms with E-state index in [0.29, 0.717) is 16.0 Å². The first-order valence-electron chi connectivity index (χ1n) is 5.41. The van der Waals surface area contributed by atoms with Gasteiger partial charge >= 0.3 is 0 Å². The van der Waals surface area contributed by atoms with E-state index in [2.05, 4.69) is 20.9 Å². The Hall–Kier alpha value is -2.02. The number of carbonyl (C=O) groups is 1. The minimum Gasteiger partial charge on any atom is -0.297 e. The molecule has 1 heterocycles. The summed E-state index contributed by atoms with van der Waals surface area (Å²) in [6.45, 7) is 3.10. The van der Waals surface area contributed by atoms with Crippen molar-refractivity contribution in [2.24, 2.45) is 0 Å². The van der Waals surface area contributed by atoms with Crippen LogP contribution in [0.25, 0.3) is 5.69 Å². The van der Waals surface area contributed by atoms with Crippen LogP contribution in [0.1, 0.15) is 23.2 Å². The Labute approximate surface area is 117 Å². The van der Waals surface area contributed by atoms with Crippen LogP contribution < -0.4 is 0 Å². The standard InChI is InChI=1S/C12H10BrN3O3/c1-7(17)10-6-15(8(2)14-10)11-4-3-9(13)5-12(11)16(18)19/h3-6H,1-2H3. The van der Waals surface area contributed by atoms with E-state index in [9.17, 15) is 14.9 Å². The van der Waals surface area contributed by atoms with Crippen molar-refractivity contribution < 1.29 is 9.72 Å². The Bertz CT molecular complexity index is 679. The zero-order valence-corrected chi connectivity index (χ0v) is 11.8. The normalized spacial score (nSPS) is 10.5. The van der Waals surface area contributed by atoms with Crippen LogP contribution in [-0.4, -0.2) is 20.3 Å². The first-order valence-corrected chi connectivity index (χ1v) is 6.20. The second-order valence-corrected chi connectivity index (χ2v) is 4.91. The predicted octanol–water partition coefficient (Wildman–Crippen LogP) is 3.05. The Kier molecular flexibility index (Phi) is 3.48. The lowest BCUT2D eigenvalue weighted by molar-refractivity contribution is -0.384. The van der Waals surface area contributed by atoms with E-state index >= 15 is 0 Å². The zero-order valence-electron chi connectivity index (χ0n) is 10.3. The molecule has 0 fully saturated rings. The molecular formula is C12H10BrN3O3. The zero-order chi connectivity index (χ0) is 14.2. The van der Waals surface area contributed by atoms with E-state index in [-0.39, 0.29) is 17.2 Å². The van der Waals surface area contributed by atoms with Crippen LogP contribution in [0.2, 0.25) is 0 Å². The largest absolute Gasteiger partial charge is 0.297 e. The van der Waals surface area contributed by atoms with Gasteiger partial charge in [0.25, 0.3) is 5.69 Å². The van der Waals surface area contributed by atoms with Gasteiger partial charge in [-0.2, -0.15) is 0 Å². The van der Waals surface area contributed by atoms with Gasteiger partial charge in [-0.3, -0.25) is 19.5 Å². The van der Waals surface area contributed by atoms with Gasteiger partial charge < -0.3 is 0 Å². The van der Waals surface area contributed by atoms with Crippen LogP contribution in [0.3, 0.4) is 0 Å². The third-order valence-corrected chi connectivity index (χ3v) is 3.13. The number of aryl methyl sites for hydroxylation is 1. The number of aromatic nitrogens is 2. The molecule has 0 aliphatic heterocycles. The molecule has 0 radical (unpaired) electrons. The predicted molar refractivity (Wildman–Crippen MR) is 72.7 cm³/mol. The fraction of sp³-hybridized carbons (Fsp3) is 0.167. The van der Waals surface area contributed by atoms with Crippen LogP contribution in [0.5, 0.6) is 0 Å². The number of halogens is 1. The number of imidazole rings is 1. The molecule has 1 aromatic carbocycles. The van der Waals surface area contributed by atoms with Gasteiger partial charge in [-0.05, 0) is 19.1 Å². The van der Waals surface area contributed by atoms with Crippen molar-refractivity contribution in [3.05, 3.63) is 50.5 Å². The molecule has 0 N–H and O–H groups in total. The molecular weight excluding hydrogens is 314 g/mol. The second kappa shape index (κ2) is 4.93. The topological polar surface area (TPSA) is 78.0 Å². The number of nitro benzene ring substituents is 1. The van der Waals surface area contributed by atoms with Crippen LogP contribution in [0, 0.1) is 17.0 Å². The van der Waals surface area contributed by atoms with E-state index < -0.39 is 4.92 Å². The molecule has 0 saturated heterocycles. The lowest BCUT2D eigenvalue weighted by Gasteiger charge is -2.05. The molecule has 0 spiro atoms. The number of hydrogen-bond acceptors (Lipinski definition) is 4. The summed E-state index contributed by atoms with van der Waals surface area (Å²) in [5.74, 6) is 0.345. The average Bonchev–Trinajstić information content (AvgIpc) is 2.71. The van der Waals surface area contributed by atoms with Crippen molar-refractivity contribution in [3.8, 4) is 5.69 Å². The van der Waals surface area contributed by atoms with E-state index in [1.54, 1.807) is 23.6 Å². The van der Waals surface area contributed by atoms with Gasteiger partial charge in [-0.15, -0.1) is 0 Å². The molecule has 2 aromatic rings. The van der Waals surface area contributed by atoms with Gasteiger partial charge in [0, 0.05) is 23.7 Å². The Morgan fingerprint density at radius 2 is 2.16 bits per heavy atom. The second-order valence-electron chi connectivity index (χ2n) is 3.99. The van der Waals surface area contributed by atoms with E-state index in [4.69, 9.17) is 0 Å². The molecule has 1 aromatic heterocycles. The van der Waals surface area contributed by atoms with Crippen molar-refractivity contribution in [2.75, 3.05) is 0 Å². The molecule has 0 saturated carbocycles. The number of nitro groups is 1. The van der Waals surface area contributed by atoms with Gasteiger partial charge in [-0.25, -0.2) is 4.98 Å². The fourth-order valence-electron chi connectivity index (χ4n) is 1.73. The first-order chi connectivity index (χ1) is 8.90. The smallest absolute Gasteiger partial charge is 0.294 e. The first kappa shape index (κ1) is 13.4. The van der Waals surface area contributed by atoms with Gasteiger partial charge in [-0.1, -0.05) is 15.9 Å². The summed E-state index contributed by atoms with van der Waals surface area (Å²) < 4.78 is 2.16. The molecule has 2 rings (SSSR count). The van der Waals surface area contributed by atoms with E-state index in [1.807, 2.05) is 0 Å². The Morgan fingerprint density at radius 1 is 1.47 bits per heavy atom. The molecule has 0 aliphatic rings. The molecule has 0 amide bonds. The lowest BCUT2D eigenvalue weighted by Crippen LogP contribution is -2.01. The highest BCUT2D eigenvalue weighted by atomic mass is 79.9. The van der Waals surface area contributed by atoms with Crippen LogP contribution >= 0.6 is 15.9 Å². The van der Waals surface area contributed by atoms with Gasteiger partial charge in [0.1, 0.15) is 17.2 Å². The molecule has 0 bridgehead atoms. The number of carbonyl (C=O) groups excluding carboxylic acids is 1. The highest BCUT2D eigenvalue weighted by Crippen LogP contribution is 2.27. The van der Waals surface area contributed by atoms with Crippen molar-refractivity contribution >= 4 is 27.4 Å². The van der Waals surface area contributed by atoms with Gasteiger partial charge in [0.05, 0.1) is 4.92 Å². The molecule has 0 unspecified atom stereocenters. The highest BCUT2D eigenvalue weighted by molar-refractivity contribution is 9.10. The minimum atomic E-state index is -0.465. The highest BCUT2D eigenvalue weighted by Gasteiger charge is 2.18. The lowest BCUT2D eigenvalue weighted by atomic mass is 10.2. The quantitative estimate of drug-likeness (QED) is 0.494. The van der Waals surface area contributed by atoms with Crippen molar-refractivity contribution in [2.45, 2.75) is 13.8 Å². The van der Waals surface area contributed by atoms with E-state index in [0.717, 1.165) is 0 Å².